The van der Waals surface area contributed by atoms with E-state index in [1.807, 2.05) is 31.2 Å². The van der Waals surface area contributed by atoms with Crippen molar-refractivity contribution in [2.24, 2.45) is 0 Å². The molecule has 1 N–H and O–H groups in total. The number of pyridine rings is 1. The third kappa shape index (κ3) is 3.41. The molecule has 0 saturated carbocycles. The van der Waals surface area contributed by atoms with Crippen LogP contribution in [0.1, 0.15) is 15.9 Å². The largest absolute Gasteiger partial charge is 0.322 e. The fraction of sp³-hybridized carbons (Fsp3) is 0.0500. The van der Waals surface area contributed by atoms with Gasteiger partial charge in [0.15, 0.2) is 0 Å². The molecular formula is C20H13ClFN3OS. The van der Waals surface area contributed by atoms with Crippen LogP contribution in [0.4, 0.5) is 10.1 Å². The van der Waals surface area contributed by atoms with Crippen molar-refractivity contribution in [2.45, 2.75) is 6.92 Å². The topological polar surface area (TPSA) is 54.9 Å². The monoisotopic (exact) mass is 397 g/mol. The molecule has 0 atom stereocenters. The molecule has 2 aromatic heterocycles. The minimum Gasteiger partial charge on any atom is -0.322 e. The second-order valence-corrected chi connectivity index (χ2v) is 7.29. The van der Waals surface area contributed by atoms with E-state index in [-0.39, 0.29) is 10.6 Å². The van der Waals surface area contributed by atoms with Crippen molar-refractivity contribution in [1.82, 2.24) is 9.97 Å². The molecule has 0 spiro atoms. The number of hydrogen-bond acceptors (Lipinski definition) is 4. The molecule has 0 bridgehead atoms. The van der Waals surface area contributed by atoms with Crippen LogP contribution in [0.5, 0.6) is 0 Å². The average Bonchev–Trinajstić information content (AvgIpc) is 3.07. The highest BCUT2D eigenvalue weighted by atomic mass is 35.5. The number of thiazole rings is 1. The number of anilines is 1. The lowest BCUT2D eigenvalue weighted by atomic mass is 10.1. The summed E-state index contributed by atoms with van der Waals surface area (Å²) in [5.74, 6) is -0.884. The van der Waals surface area contributed by atoms with E-state index in [4.69, 9.17) is 11.6 Å². The first-order valence-corrected chi connectivity index (χ1v) is 9.30. The molecule has 2 aromatic carbocycles. The van der Waals surface area contributed by atoms with Gasteiger partial charge in [-0.25, -0.2) is 14.4 Å². The van der Waals surface area contributed by atoms with Gasteiger partial charge in [0, 0.05) is 17.4 Å². The quantitative estimate of drug-likeness (QED) is 0.481. The zero-order valence-corrected chi connectivity index (χ0v) is 15.7. The first kappa shape index (κ1) is 17.6. The van der Waals surface area contributed by atoms with Crippen LogP contribution in [0.2, 0.25) is 5.02 Å². The van der Waals surface area contributed by atoms with Gasteiger partial charge >= 0.3 is 0 Å². The zero-order valence-electron chi connectivity index (χ0n) is 14.2. The Bertz CT molecular complexity index is 1140. The second-order valence-electron chi connectivity index (χ2n) is 5.90. The van der Waals surface area contributed by atoms with Crippen molar-refractivity contribution >= 4 is 44.9 Å². The molecular weight excluding hydrogens is 385 g/mol. The van der Waals surface area contributed by atoms with Gasteiger partial charge in [0.25, 0.3) is 5.91 Å². The molecule has 0 unspecified atom stereocenters. The first-order valence-electron chi connectivity index (χ1n) is 8.11. The van der Waals surface area contributed by atoms with Crippen molar-refractivity contribution in [2.75, 3.05) is 5.32 Å². The molecule has 0 radical (unpaired) electrons. The fourth-order valence-corrected chi connectivity index (χ4v) is 3.99. The lowest BCUT2D eigenvalue weighted by Gasteiger charge is -2.12. The van der Waals surface area contributed by atoms with Crippen LogP contribution in [-0.4, -0.2) is 15.9 Å². The molecule has 0 saturated heterocycles. The Morgan fingerprint density at radius 1 is 1.19 bits per heavy atom. The van der Waals surface area contributed by atoms with E-state index in [9.17, 15) is 9.18 Å². The number of nitrogens with zero attached hydrogens (tertiary/aromatic N) is 2. The first-order chi connectivity index (χ1) is 13.0. The Morgan fingerprint density at radius 3 is 2.81 bits per heavy atom. The summed E-state index contributed by atoms with van der Waals surface area (Å²) < 4.78 is 13.2. The van der Waals surface area contributed by atoms with Crippen molar-refractivity contribution in [3.63, 3.8) is 0 Å². The van der Waals surface area contributed by atoms with Crippen LogP contribution < -0.4 is 5.32 Å². The summed E-state index contributed by atoms with van der Waals surface area (Å²) in [5, 5.41) is 3.74. The van der Waals surface area contributed by atoms with E-state index in [0.29, 0.717) is 5.69 Å². The Labute approximate surface area is 163 Å². The van der Waals surface area contributed by atoms with Gasteiger partial charge in [0.05, 0.1) is 10.6 Å². The molecule has 0 fully saturated rings. The number of rotatable bonds is 3. The van der Waals surface area contributed by atoms with Gasteiger partial charge in [-0.2, -0.15) is 0 Å². The van der Waals surface area contributed by atoms with Crippen LogP contribution in [0, 0.1) is 12.7 Å². The summed E-state index contributed by atoms with van der Waals surface area (Å²) in [6, 6.07) is 13.1. The summed E-state index contributed by atoms with van der Waals surface area (Å²) in [6.45, 7) is 1.91. The molecule has 134 valence electrons. The van der Waals surface area contributed by atoms with E-state index in [1.165, 1.54) is 23.5 Å². The lowest BCUT2D eigenvalue weighted by Crippen LogP contribution is -2.13. The van der Waals surface area contributed by atoms with Gasteiger partial charge in [-0.3, -0.25) is 4.79 Å². The zero-order chi connectivity index (χ0) is 19.0. The van der Waals surface area contributed by atoms with E-state index in [1.54, 1.807) is 12.3 Å². The molecule has 27 heavy (non-hydrogen) atoms. The van der Waals surface area contributed by atoms with Gasteiger partial charge < -0.3 is 5.32 Å². The smallest absolute Gasteiger partial charge is 0.257 e. The maximum Gasteiger partial charge on any atom is 0.257 e. The van der Waals surface area contributed by atoms with Gasteiger partial charge in [-0.05, 0) is 48.9 Å². The summed E-state index contributed by atoms with van der Waals surface area (Å²) in [5.41, 5.74) is 3.49. The Kier molecular flexibility index (Phi) is 4.59. The van der Waals surface area contributed by atoms with Crippen molar-refractivity contribution in [3.8, 4) is 10.6 Å². The molecule has 0 aliphatic carbocycles. The molecule has 4 nitrogen and oxygen atoms in total. The molecule has 2 heterocycles. The molecule has 4 rings (SSSR count). The van der Waals surface area contributed by atoms with E-state index in [2.05, 4.69) is 15.3 Å². The normalized spacial score (nSPS) is 10.9. The Balaban J connectivity index is 1.68. The summed E-state index contributed by atoms with van der Waals surface area (Å²) >= 11 is 7.48. The number of aromatic nitrogens is 2. The summed E-state index contributed by atoms with van der Waals surface area (Å²) in [4.78, 5) is 22.4. The highest BCUT2D eigenvalue weighted by Gasteiger charge is 2.15. The number of fused-ring (bicyclic) bond motifs is 1. The standard InChI is InChI=1S/C20H13ClFN3OS/c1-11-13(19-25-17-6-3-9-23-20(17)27-19)4-2-5-16(11)24-18(26)14-8-7-12(22)10-15(14)21/h2-10H,1H3,(H,24,26). The summed E-state index contributed by atoms with van der Waals surface area (Å²) in [6.07, 6.45) is 1.74. The molecule has 7 heteroatoms. The molecule has 0 aliphatic heterocycles. The van der Waals surface area contributed by atoms with Crippen LogP contribution in [-0.2, 0) is 0 Å². The average molecular weight is 398 g/mol. The van der Waals surface area contributed by atoms with Gasteiger partial charge in [0.2, 0.25) is 0 Å². The maximum absolute atomic E-state index is 13.2. The molecule has 0 aliphatic rings. The molecule has 4 aromatic rings. The lowest BCUT2D eigenvalue weighted by molar-refractivity contribution is 0.102. The molecule has 1 amide bonds. The van der Waals surface area contributed by atoms with Gasteiger partial charge in [-0.1, -0.05) is 35.1 Å². The summed E-state index contributed by atoms with van der Waals surface area (Å²) in [7, 11) is 0. The predicted molar refractivity (Wildman–Crippen MR) is 107 cm³/mol. The number of carbonyl (C=O) groups excluding carboxylic acids is 1. The van der Waals surface area contributed by atoms with Crippen LogP contribution in [0.25, 0.3) is 20.9 Å². The third-order valence-corrected chi connectivity index (χ3v) is 5.48. The number of hydrogen-bond donors (Lipinski definition) is 1. The predicted octanol–water partition coefficient (Wildman–Crippen LogP) is 5.71. The Hall–Kier alpha value is -2.83. The van der Waals surface area contributed by atoms with Crippen LogP contribution in [0.3, 0.4) is 0 Å². The number of nitrogens with one attached hydrogen (secondary N) is 1. The number of carbonyl (C=O) groups is 1. The van der Waals surface area contributed by atoms with Crippen molar-refractivity contribution in [3.05, 3.63) is 76.7 Å². The highest BCUT2D eigenvalue weighted by molar-refractivity contribution is 7.21. The highest BCUT2D eigenvalue weighted by Crippen LogP contribution is 2.34. The number of benzene rings is 2. The minimum absolute atomic E-state index is 0.0681. The second kappa shape index (κ2) is 7.06. The van der Waals surface area contributed by atoms with E-state index >= 15 is 0 Å². The fourth-order valence-electron chi connectivity index (χ4n) is 2.75. The van der Waals surface area contributed by atoms with E-state index in [0.717, 1.165) is 32.5 Å². The third-order valence-electron chi connectivity index (χ3n) is 4.15. The number of amides is 1. The van der Waals surface area contributed by atoms with Crippen LogP contribution >= 0.6 is 22.9 Å². The van der Waals surface area contributed by atoms with Crippen molar-refractivity contribution < 1.29 is 9.18 Å². The Morgan fingerprint density at radius 2 is 2.04 bits per heavy atom. The van der Waals surface area contributed by atoms with E-state index < -0.39 is 11.7 Å². The minimum atomic E-state index is -0.487. The van der Waals surface area contributed by atoms with Crippen LogP contribution in [0.15, 0.2) is 54.7 Å². The SMILES string of the molecule is Cc1c(NC(=O)c2ccc(F)cc2Cl)cccc1-c1nc2cccnc2s1. The number of halogens is 2. The van der Waals surface area contributed by atoms with Crippen molar-refractivity contribution in [1.29, 1.82) is 0 Å². The van der Waals surface area contributed by atoms with Gasteiger partial charge in [-0.15, -0.1) is 0 Å². The van der Waals surface area contributed by atoms with Gasteiger partial charge in [0.1, 0.15) is 21.2 Å². The maximum atomic E-state index is 13.2.